The molecule has 0 aromatic heterocycles. The van der Waals surface area contributed by atoms with E-state index in [1.165, 1.54) is 17.0 Å². The summed E-state index contributed by atoms with van der Waals surface area (Å²) in [6.45, 7) is 2.21. The number of carboxylic acid groups (broad SMARTS) is 1. The minimum atomic E-state index is -1.01. The van der Waals surface area contributed by atoms with Crippen LogP contribution in [0.1, 0.15) is 27.0 Å². The van der Waals surface area contributed by atoms with Crippen molar-refractivity contribution in [1.82, 2.24) is 4.90 Å². The van der Waals surface area contributed by atoms with Crippen molar-refractivity contribution in [3.8, 4) is 0 Å². The maximum atomic E-state index is 12.5. The second kappa shape index (κ2) is 6.94. The monoisotopic (exact) mass is 353 g/mol. The van der Waals surface area contributed by atoms with Gasteiger partial charge in [-0.3, -0.25) is 14.5 Å². The third-order valence-corrected chi connectivity index (χ3v) is 4.70. The molecule has 1 aliphatic rings. The van der Waals surface area contributed by atoms with Crippen LogP contribution in [0.5, 0.6) is 0 Å². The predicted molar refractivity (Wildman–Crippen MR) is 96.1 cm³/mol. The van der Waals surface area contributed by atoms with Crippen LogP contribution in [0.25, 0.3) is 6.08 Å². The van der Waals surface area contributed by atoms with Crippen molar-refractivity contribution >= 4 is 35.0 Å². The van der Waals surface area contributed by atoms with Crippen LogP contribution in [-0.4, -0.2) is 27.1 Å². The van der Waals surface area contributed by atoms with E-state index >= 15 is 0 Å². The summed E-state index contributed by atoms with van der Waals surface area (Å²) in [6, 6.07) is 13.8. The van der Waals surface area contributed by atoms with E-state index in [1.54, 1.807) is 18.2 Å². The van der Waals surface area contributed by atoms with Gasteiger partial charge in [0.05, 0.1) is 17.0 Å². The van der Waals surface area contributed by atoms with Crippen LogP contribution in [0.4, 0.5) is 4.79 Å². The van der Waals surface area contributed by atoms with Crippen LogP contribution >= 0.6 is 11.8 Å². The molecule has 0 spiro atoms. The largest absolute Gasteiger partial charge is 0.478 e. The number of imide groups is 1. The molecule has 6 heteroatoms. The Balaban J connectivity index is 1.78. The van der Waals surface area contributed by atoms with Crippen LogP contribution < -0.4 is 0 Å². The number of thioether (sulfide) groups is 1. The quantitative estimate of drug-likeness (QED) is 0.843. The number of carbonyl (C=O) groups is 3. The van der Waals surface area contributed by atoms with Gasteiger partial charge in [-0.25, -0.2) is 4.79 Å². The second-order valence-electron chi connectivity index (χ2n) is 5.68. The zero-order chi connectivity index (χ0) is 18.0. The first-order valence-electron chi connectivity index (χ1n) is 7.58. The molecular formula is C19H15NO4S. The summed E-state index contributed by atoms with van der Waals surface area (Å²) in [5, 5.41) is 8.60. The molecule has 2 aromatic rings. The number of aryl methyl sites for hydroxylation is 1. The van der Waals surface area contributed by atoms with E-state index in [1.807, 2.05) is 31.2 Å². The van der Waals surface area contributed by atoms with E-state index in [-0.39, 0.29) is 23.3 Å². The van der Waals surface area contributed by atoms with Gasteiger partial charge < -0.3 is 5.11 Å². The third-order valence-electron chi connectivity index (χ3n) is 3.79. The molecule has 1 fully saturated rings. The summed E-state index contributed by atoms with van der Waals surface area (Å²) in [6.07, 6.45) is 1.60. The number of benzene rings is 2. The standard InChI is InChI=1S/C19H15NO4S/c1-12-2-4-14(5-3-12)11-20-17(21)16(25-19(20)24)10-13-6-8-15(9-7-13)18(22)23/h2-10H,11H2,1H3,(H,22,23)/b16-10-. The number of carbonyl (C=O) groups excluding carboxylic acids is 2. The second-order valence-corrected chi connectivity index (χ2v) is 6.67. The van der Waals surface area contributed by atoms with Crippen molar-refractivity contribution in [1.29, 1.82) is 0 Å². The van der Waals surface area contributed by atoms with Crippen LogP contribution in [0.15, 0.2) is 53.4 Å². The first-order chi connectivity index (χ1) is 11.9. The highest BCUT2D eigenvalue weighted by molar-refractivity contribution is 8.18. The van der Waals surface area contributed by atoms with Gasteiger partial charge in [-0.2, -0.15) is 0 Å². The van der Waals surface area contributed by atoms with Gasteiger partial charge in [-0.15, -0.1) is 0 Å². The predicted octanol–water partition coefficient (Wildman–Crippen LogP) is 3.93. The molecule has 1 aliphatic heterocycles. The Bertz CT molecular complexity index is 869. The van der Waals surface area contributed by atoms with Gasteiger partial charge >= 0.3 is 5.97 Å². The summed E-state index contributed by atoms with van der Waals surface area (Å²) in [7, 11) is 0. The highest BCUT2D eigenvalue weighted by atomic mass is 32.2. The van der Waals surface area contributed by atoms with Crippen molar-refractivity contribution < 1.29 is 19.5 Å². The number of hydrogen-bond donors (Lipinski definition) is 1. The zero-order valence-electron chi connectivity index (χ0n) is 13.4. The number of rotatable bonds is 4. The summed E-state index contributed by atoms with van der Waals surface area (Å²) in [5.41, 5.74) is 2.85. The van der Waals surface area contributed by atoms with Crippen molar-refractivity contribution in [2.45, 2.75) is 13.5 Å². The lowest BCUT2D eigenvalue weighted by Crippen LogP contribution is -2.27. The number of amides is 2. The van der Waals surface area contributed by atoms with E-state index < -0.39 is 5.97 Å². The summed E-state index contributed by atoms with van der Waals surface area (Å²) >= 11 is 0.892. The van der Waals surface area contributed by atoms with Crippen LogP contribution in [0.3, 0.4) is 0 Å². The smallest absolute Gasteiger partial charge is 0.335 e. The molecule has 2 amide bonds. The third kappa shape index (κ3) is 3.80. The molecule has 0 bridgehead atoms. The van der Waals surface area contributed by atoms with Crippen molar-refractivity contribution in [3.05, 3.63) is 75.7 Å². The topological polar surface area (TPSA) is 74.7 Å². The Morgan fingerprint density at radius 2 is 1.72 bits per heavy atom. The Hall–Kier alpha value is -2.86. The maximum Gasteiger partial charge on any atom is 0.335 e. The lowest BCUT2D eigenvalue weighted by Gasteiger charge is -2.12. The Labute approximate surface area is 149 Å². The number of aromatic carboxylic acids is 1. The van der Waals surface area contributed by atoms with Gasteiger partial charge in [0.25, 0.3) is 11.1 Å². The molecule has 1 saturated heterocycles. The molecule has 0 atom stereocenters. The number of hydrogen-bond acceptors (Lipinski definition) is 4. The van der Waals surface area contributed by atoms with Crippen LogP contribution in [0, 0.1) is 6.92 Å². The van der Waals surface area contributed by atoms with Crippen molar-refractivity contribution in [2.75, 3.05) is 0 Å². The average molecular weight is 353 g/mol. The van der Waals surface area contributed by atoms with Gasteiger partial charge in [0.15, 0.2) is 0 Å². The fourth-order valence-corrected chi connectivity index (χ4v) is 3.22. The summed E-state index contributed by atoms with van der Waals surface area (Å²) in [5.74, 6) is -1.34. The Kier molecular flexibility index (Phi) is 4.72. The van der Waals surface area contributed by atoms with E-state index in [4.69, 9.17) is 5.11 Å². The van der Waals surface area contributed by atoms with Gasteiger partial charge in [0.2, 0.25) is 0 Å². The molecule has 0 saturated carbocycles. The Morgan fingerprint density at radius 3 is 2.32 bits per heavy atom. The fourth-order valence-electron chi connectivity index (χ4n) is 2.39. The highest BCUT2D eigenvalue weighted by Crippen LogP contribution is 2.33. The molecule has 1 N–H and O–H groups in total. The van der Waals surface area contributed by atoms with E-state index in [2.05, 4.69) is 0 Å². The van der Waals surface area contributed by atoms with Crippen molar-refractivity contribution in [3.63, 3.8) is 0 Å². The number of nitrogens with zero attached hydrogens (tertiary/aromatic N) is 1. The molecule has 1 heterocycles. The van der Waals surface area contributed by atoms with Gasteiger partial charge in [0, 0.05) is 0 Å². The van der Waals surface area contributed by atoms with Crippen molar-refractivity contribution in [2.24, 2.45) is 0 Å². The lowest BCUT2D eigenvalue weighted by atomic mass is 10.1. The molecule has 0 aliphatic carbocycles. The van der Waals surface area contributed by atoms with Gasteiger partial charge in [-0.05, 0) is 48.0 Å². The maximum absolute atomic E-state index is 12.5. The van der Waals surface area contributed by atoms with Crippen LogP contribution in [0.2, 0.25) is 0 Å². The lowest BCUT2D eigenvalue weighted by molar-refractivity contribution is -0.123. The van der Waals surface area contributed by atoms with E-state index in [9.17, 15) is 14.4 Å². The molecule has 0 unspecified atom stereocenters. The molecule has 2 aromatic carbocycles. The fraction of sp³-hybridized carbons (Fsp3) is 0.105. The SMILES string of the molecule is Cc1ccc(CN2C(=O)S/C(=C\c3ccc(C(=O)O)cc3)C2=O)cc1. The van der Waals surface area contributed by atoms with E-state index in [0.717, 1.165) is 22.9 Å². The van der Waals surface area contributed by atoms with Crippen LogP contribution in [-0.2, 0) is 11.3 Å². The zero-order valence-corrected chi connectivity index (χ0v) is 14.2. The minimum Gasteiger partial charge on any atom is -0.478 e. The molecular weight excluding hydrogens is 338 g/mol. The molecule has 126 valence electrons. The average Bonchev–Trinajstić information content (AvgIpc) is 2.85. The molecule has 0 radical (unpaired) electrons. The number of carboxylic acids is 1. The Morgan fingerprint density at radius 1 is 1.08 bits per heavy atom. The highest BCUT2D eigenvalue weighted by Gasteiger charge is 2.34. The summed E-state index contributed by atoms with van der Waals surface area (Å²) < 4.78 is 0. The van der Waals surface area contributed by atoms with E-state index in [0.29, 0.717) is 10.5 Å². The first-order valence-corrected chi connectivity index (χ1v) is 8.40. The first kappa shape index (κ1) is 17.0. The molecule has 3 rings (SSSR count). The summed E-state index contributed by atoms with van der Waals surface area (Å²) in [4.78, 5) is 37.1. The molecule has 5 nitrogen and oxygen atoms in total. The molecule has 25 heavy (non-hydrogen) atoms. The van der Waals surface area contributed by atoms with Gasteiger partial charge in [-0.1, -0.05) is 42.0 Å². The minimum absolute atomic E-state index is 0.171. The van der Waals surface area contributed by atoms with Gasteiger partial charge in [0.1, 0.15) is 0 Å². The normalized spacial score (nSPS) is 15.9.